The van der Waals surface area contributed by atoms with Gasteiger partial charge in [0.05, 0.1) is 0 Å². The van der Waals surface area contributed by atoms with Gasteiger partial charge in [-0.05, 0) is 11.0 Å². The summed E-state index contributed by atoms with van der Waals surface area (Å²) >= 11 is 2.18. The normalized spacial score (nSPS) is 11.7. The monoisotopic (exact) mass is 194 g/mol. The van der Waals surface area contributed by atoms with Crippen LogP contribution in [0.15, 0.2) is 22.3 Å². The fourth-order valence-corrected chi connectivity index (χ4v) is 0.393. The molecule has 0 N–H and O–H groups in total. The van der Waals surface area contributed by atoms with Gasteiger partial charge in [-0.25, -0.2) is 0 Å². The van der Waals surface area contributed by atoms with Crippen LogP contribution in [0.1, 0.15) is 6.92 Å². The lowest BCUT2D eigenvalue weighted by Crippen LogP contribution is -1.37. The predicted octanol–water partition coefficient (Wildman–Crippen LogP) is 2.51. The highest BCUT2D eigenvalue weighted by molar-refractivity contribution is 14.1. The van der Waals surface area contributed by atoms with Crippen LogP contribution >= 0.6 is 22.6 Å². The number of hydrogen-bond acceptors (Lipinski definition) is 0. The van der Waals surface area contributed by atoms with Crippen molar-refractivity contribution in [3.05, 3.63) is 22.3 Å². The van der Waals surface area contributed by atoms with Gasteiger partial charge in [0.2, 0.25) is 0 Å². The average Bonchev–Trinajstić information content (AvgIpc) is 1.61. The summed E-state index contributed by atoms with van der Waals surface area (Å²) in [5.41, 5.74) is 0. The molecule has 0 aromatic heterocycles. The Bertz CT molecular complexity index is 52.3. The predicted molar refractivity (Wildman–Crippen MR) is 38.0 cm³/mol. The van der Waals surface area contributed by atoms with E-state index in [1.165, 1.54) is 0 Å². The lowest BCUT2D eigenvalue weighted by Gasteiger charge is -1.61. The third-order valence-electron chi connectivity index (χ3n) is 0.376. The lowest BCUT2D eigenvalue weighted by atomic mass is 10.5. The Morgan fingerprint density at radius 2 is 2.00 bits per heavy atom. The lowest BCUT2D eigenvalue weighted by molar-refractivity contribution is 1.74. The second-order valence-electron chi connectivity index (χ2n) is 0.844. The summed E-state index contributed by atoms with van der Waals surface area (Å²) in [6.07, 6.45) is 5.97. The second kappa shape index (κ2) is 5.21. The third-order valence-corrected chi connectivity index (χ3v) is 0.792. The van der Waals surface area contributed by atoms with Crippen molar-refractivity contribution in [3.8, 4) is 0 Å². The summed E-state index contributed by atoms with van der Waals surface area (Å²) in [7, 11) is 0. The molecule has 0 aliphatic heterocycles. The molecular weight excluding hydrogens is 187 g/mol. The first-order valence-corrected chi connectivity index (χ1v) is 3.04. The third kappa shape index (κ3) is 4.21. The summed E-state index contributed by atoms with van der Waals surface area (Å²) in [6, 6.07) is 0. The molecule has 1 heteroatoms. The molecule has 0 nitrogen and oxygen atoms in total. The SMILES string of the molecule is CC=CC=CI. The molecule has 0 rings (SSSR count). The first-order valence-electron chi connectivity index (χ1n) is 1.80. The minimum absolute atomic E-state index is 1.97. The van der Waals surface area contributed by atoms with Gasteiger partial charge >= 0.3 is 0 Å². The molecule has 0 radical (unpaired) electrons. The molecule has 0 heterocycles. The Balaban J connectivity index is 3.07. The Morgan fingerprint density at radius 3 is 2.17 bits per heavy atom. The van der Waals surface area contributed by atoms with Crippen LogP contribution in [-0.4, -0.2) is 0 Å². The van der Waals surface area contributed by atoms with Gasteiger partial charge in [0.15, 0.2) is 0 Å². The molecule has 0 fully saturated rings. The van der Waals surface area contributed by atoms with E-state index in [0.717, 1.165) is 0 Å². The van der Waals surface area contributed by atoms with Crippen LogP contribution in [0.3, 0.4) is 0 Å². The first kappa shape index (κ1) is 6.21. The zero-order chi connectivity index (χ0) is 4.83. The maximum absolute atomic E-state index is 2.18. The Hall–Kier alpha value is 0.210. The van der Waals surface area contributed by atoms with Crippen molar-refractivity contribution in [2.75, 3.05) is 0 Å². The van der Waals surface area contributed by atoms with Gasteiger partial charge < -0.3 is 0 Å². The Morgan fingerprint density at radius 1 is 1.33 bits per heavy atom. The number of allylic oxidation sites excluding steroid dienone is 3. The molecule has 6 heavy (non-hydrogen) atoms. The molecule has 0 aliphatic carbocycles. The van der Waals surface area contributed by atoms with Gasteiger partial charge in [0.1, 0.15) is 0 Å². The summed E-state index contributed by atoms with van der Waals surface area (Å²) in [6.45, 7) is 2.00. The van der Waals surface area contributed by atoms with E-state index >= 15 is 0 Å². The highest BCUT2D eigenvalue weighted by atomic mass is 127. The average molecular weight is 194 g/mol. The van der Waals surface area contributed by atoms with Crippen LogP contribution in [-0.2, 0) is 0 Å². The highest BCUT2D eigenvalue weighted by Crippen LogP contribution is 1.82. The van der Waals surface area contributed by atoms with Crippen LogP contribution in [0.5, 0.6) is 0 Å². The van der Waals surface area contributed by atoms with Crippen LogP contribution in [0.4, 0.5) is 0 Å². The van der Waals surface area contributed by atoms with E-state index in [-0.39, 0.29) is 0 Å². The van der Waals surface area contributed by atoms with Gasteiger partial charge in [0.25, 0.3) is 0 Å². The van der Waals surface area contributed by atoms with E-state index in [1.54, 1.807) is 0 Å². The second-order valence-corrected chi connectivity index (χ2v) is 1.56. The van der Waals surface area contributed by atoms with Crippen molar-refractivity contribution >= 4 is 22.6 Å². The van der Waals surface area contributed by atoms with E-state index < -0.39 is 0 Å². The molecule has 0 aliphatic rings. The standard InChI is InChI=1S/C5H7I/c1-2-3-4-5-6/h2-5H,1H3. The van der Waals surface area contributed by atoms with Gasteiger partial charge in [-0.15, -0.1) is 0 Å². The quantitative estimate of drug-likeness (QED) is 0.444. The molecule has 0 aromatic rings. The molecule has 0 saturated carbocycles. The van der Waals surface area contributed by atoms with Crippen molar-refractivity contribution in [2.45, 2.75) is 6.92 Å². The first-order chi connectivity index (χ1) is 2.91. The van der Waals surface area contributed by atoms with Gasteiger partial charge in [0, 0.05) is 0 Å². The van der Waals surface area contributed by atoms with Crippen LogP contribution in [0, 0.1) is 0 Å². The molecule has 0 atom stereocenters. The fraction of sp³-hybridized carbons (Fsp3) is 0.200. The van der Waals surface area contributed by atoms with E-state index in [4.69, 9.17) is 0 Å². The molecule has 34 valence electrons. The van der Waals surface area contributed by atoms with Gasteiger partial charge in [-0.1, -0.05) is 40.8 Å². The van der Waals surface area contributed by atoms with E-state index in [0.29, 0.717) is 0 Å². The molecule has 0 saturated heterocycles. The zero-order valence-electron chi connectivity index (χ0n) is 3.69. The van der Waals surface area contributed by atoms with E-state index in [2.05, 4.69) is 22.6 Å². The van der Waals surface area contributed by atoms with Gasteiger partial charge in [-0.2, -0.15) is 0 Å². The topological polar surface area (TPSA) is 0 Å². The van der Waals surface area contributed by atoms with Crippen molar-refractivity contribution < 1.29 is 0 Å². The van der Waals surface area contributed by atoms with E-state index in [1.807, 2.05) is 29.2 Å². The van der Waals surface area contributed by atoms with Crippen molar-refractivity contribution in [3.63, 3.8) is 0 Å². The van der Waals surface area contributed by atoms with Crippen molar-refractivity contribution in [1.29, 1.82) is 0 Å². The summed E-state index contributed by atoms with van der Waals surface area (Å²) in [4.78, 5) is 0. The number of hydrogen-bond donors (Lipinski definition) is 0. The number of rotatable bonds is 1. The van der Waals surface area contributed by atoms with Crippen LogP contribution in [0.25, 0.3) is 0 Å². The largest absolute Gasteiger partial charge is 0.0876 e. The summed E-state index contributed by atoms with van der Waals surface area (Å²) in [5, 5.41) is 0. The molecular formula is C5H7I. The highest BCUT2D eigenvalue weighted by Gasteiger charge is 1.50. The van der Waals surface area contributed by atoms with Crippen molar-refractivity contribution in [1.82, 2.24) is 0 Å². The Labute approximate surface area is 52.1 Å². The summed E-state index contributed by atoms with van der Waals surface area (Å²) < 4.78 is 1.97. The Kier molecular flexibility index (Phi) is 5.39. The van der Waals surface area contributed by atoms with Crippen LogP contribution < -0.4 is 0 Å². The van der Waals surface area contributed by atoms with Crippen LogP contribution in [0.2, 0.25) is 0 Å². The maximum atomic E-state index is 2.18. The summed E-state index contributed by atoms with van der Waals surface area (Å²) in [5.74, 6) is 0. The molecule has 0 amide bonds. The maximum Gasteiger partial charge on any atom is -0.0234 e. The fourth-order valence-electron chi connectivity index (χ4n) is 0.153. The van der Waals surface area contributed by atoms with Gasteiger partial charge in [-0.3, -0.25) is 0 Å². The minimum Gasteiger partial charge on any atom is -0.0876 e. The molecule has 0 spiro atoms. The molecule has 0 unspecified atom stereocenters. The van der Waals surface area contributed by atoms with E-state index in [9.17, 15) is 0 Å². The smallest absolute Gasteiger partial charge is 0.0234 e. The molecule has 0 aromatic carbocycles. The number of halogens is 1. The molecule has 0 bridgehead atoms. The minimum atomic E-state index is 1.97. The van der Waals surface area contributed by atoms with Crippen molar-refractivity contribution in [2.24, 2.45) is 0 Å². The zero-order valence-corrected chi connectivity index (χ0v) is 5.84.